The molecule has 0 aliphatic rings. The van der Waals surface area contributed by atoms with Crippen LogP contribution in [0.5, 0.6) is 0 Å². The largest absolute Gasteiger partial charge is 0.465 e. The van der Waals surface area contributed by atoms with Crippen molar-refractivity contribution in [3.8, 4) is 0 Å². The Labute approximate surface area is 104 Å². The number of unbranched alkanes of at least 4 members (excludes halogenated alkanes) is 2. The maximum atomic E-state index is 12.0. The van der Waals surface area contributed by atoms with E-state index in [9.17, 15) is 9.59 Å². The highest BCUT2D eigenvalue weighted by Crippen LogP contribution is 2.32. The van der Waals surface area contributed by atoms with Crippen molar-refractivity contribution >= 4 is 11.9 Å². The summed E-state index contributed by atoms with van der Waals surface area (Å²) in [7, 11) is 0. The van der Waals surface area contributed by atoms with Gasteiger partial charge in [-0.25, -0.2) is 0 Å². The molecular formula is C13H25NO3. The zero-order valence-electron chi connectivity index (χ0n) is 11.3. The molecule has 0 aliphatic carbocycles. The Morgan fingerprint density at radius 1 is 1.06 bits per heavy atom. The molecule has 0 saturated carbocycles. The van der Waals surface area contributed by atoms with Gasteiger partial charge >= 0.3 is 5.97 Å². The van der Waals surface area contributed by atoms with Crippen LogP contribution in [0.1, 0.15) is 59.3 Å². The van der Waals surface area contributed by atoms with E-state index in [1.165, 1.54) is 0 Å². The standard InChI is InChI=1S/C13H25NO3/c1-4-7-9-13(11(14)15,10-8-5-2)12(16)17-6-3/h4-10H2,1-3H3,(H2,14,15). The van der Waals surface area contributed by atoms with E-state index in [2.05, 4.69) is 0 Å². The van der Waals surface area contributed by atoms with Crippen molar-refractivity contribution in [1.82, 2.24) is 0 Å². The summed E-state index contributed by atoms with van der Waals surface area (Å²) in [6, 6.07) is 0. The van der Waals surface area contributed by atoms with Gasteiger partial charge in [0.15, 0.2) is 0 Å². The predicted octanol–water partition coefficient (Wildman–Crippen LogP) is 2.40. The van der Waals surface area contributed by atoms with Crippen LogP contribution in [0.2, 0.25) is 0 Å². The van der Waals surface area contributed by atoms with Gasteiger partial charge in [-0.2, -0.15) is 0 Å². The maximum Gasteiger partial charge on any atom is 0.321 e. The molecule has 0 heterocycles. The highest BCUT2D eigenvalue weighted by molar-refractivity contribution is 6.01. The molecule has 100 valence electrons. The number of esters is 1. The third-order valence-corrected chi connectivity index (χ3v) is 3.05. The molecule has 1 amide bonds. The lowest BCUT2D eigenvalue weighted by Gasteiger charge is -2.28. The van der Waals surface area contributed by atoms with Gasteiger partial charge in [-0.05, 0) is 19.8 Å². The summed E-state index contributed by atoms with van der Waals surface area (Å²) in [6.45, 7) is 6.07. The zero-order chi connectivity index (χ0) is 13.3. The highest BCUT2D eigenvalue weighted by Gasteiger charge is 2.44. The lowest BCUT2D eigenvalue weighted by Crippen LogP contribution is -2.45. The van der Waals surface area contributed by atoms with Gasteiger partial charge in [0.05, 0.1) is 6.61 Å². The first-order valence-electron chi connectivity index (χ1n) is 6.52. The van der Waals surface area contributed by atoms with Crippen LogP contribution in [0.15, 0.2) is 0 Å². The van der Waals surface area contributed by atoms with Crippen LogP contribution in [0.3, 0.4) is 0 Å². The van der Waals surface area contributed by atoms with Gasteiger partial charge in [0.2, 0.25) is 5.91 Å². The molecule has 0 atom stereocenters. The fourth-order valence-electron chi connectivity index (χ4n) is 1.90. The van der Waals surface area contributed by atoms with Crippen LogP contribution < -0.4 is 5.73 Å². The van der Waals surface area contributed by atoms with Crippen LogP contribution in [0.25, 0.3) is 0 Å². The first-order valence-corrected chi connectivity index (χ1v) is 6.52. The molecule has 0 saturated heterocycles. The molecule has 2 N–H and O–H groups in total. The normalized spacial score (nSPS) is 11.2. The molecule has 0 rings (SSSR count). The molecule has 0 unspecified atom stereocenters. The van der Waals surface area contributed by atoms with E-state index in [0.29, 0.717) is 12.8 Å². The maximum absolute atomic E-state index is 12.0. The van der Waals surface area contributed by atoms with Crippen LogP contribution in [-0.2, 0) is 14.3 Å². The summed E-state index contributed by atoms with van der Waals surface area (Å²) in [6.07, 6.45) is 4.48. The van der Waals surface area contributed by atoms with Gasteiger partial charge in [0, 0.05) is 0 Å². The minimum absolute atomic E-state index is 0.284. The van der Waals surface area contributed by atoms with Crippen molar-refractivity contribution in [3.05, 3.63) is 0 Å². The summed E-state index contributed by atoms with van der Waals surface area (Å²) < 4.78 is 5.02. The quantitative estimate of drug-likeness (QED) is 0.499. The Hall–Kier alpha value is -1.06. The van der Waals surface area contributed by atoms with Gasteiger partial charge < -0.3 is 10.5 Å². The van der Waals surface area contributed by atoms with E-state index >= 15 is 0 Å². The minimum atomic E-state index is -1.11. The third-order valence-electron chi connectivity index (χ3n) is 3.05. The number of carbonyl (C=O) groups excluding carboxylic acids is 2. The van der Waals surface area contributed by atoms with E-state index in [-0.39, 0.29) is 6.61 Å². The smallest absolute Gasteiger partial charge is 0.321 e. The molecule has 4 heteroatoms. The molecule has 0 aromatic rings. The first kappa shape index (κ1) is 15.9. The summed E-state index contributed by atoms with van der Waals surface area (Å²) in [5.41, 5.74) is 4.34. The SMILES string of the molecule is CCCCC(CCCC)(C(N)=O)C(=O)OCC. The molecule has 0 bridgehead atoms. The third kappa shape index (κ3) is 4.36. The fraction of sp³-hybridized carbons (Fsp3) is 0.846. The molecule has 0 radical (unpaired) electrons. The van der Waals surface area contributed by atoms with Crippen molar-refractivity contribution in [2.24, 2.45) is 11.1 Å². The minimum Gasteiger partial charge on any atom is -0.465 e. The molecule has 0 spiro atoms. The monoisotopic (exact) mass is 243 g/mol. The van der Waals surface area contributed by atoms with E-state index in [1.807, 2.05) is 13.8 Å². The number of hydrogen-bond donors (Lipinski definition) is 1. The molecule has 0 aliphatic heterocycles. The number of hydrogen-bond acceptors (Lipinski definition) is 3. The second kappa shape index (κ2) is 8.09. The Kier molecular flexibility index (Phi) is 7.59. The van der Waals surface area contributed by atoms with Gasteiger partial charge in [0.1, 0.15) is 5.41 Å². The van der Waals surface area contributed by atoms with Gasteiger partial charge in [-0.3, -0.25) is 9.59 Å². The molecule has 0 aromatic heterocycles. The summed E-state index contributed by atoms with van der Waals surface area (Å²) in [5.74, 6) is -0.993. The Morgan fingerprint density at radius 3 is 1.82 bits per heavy atom. The average molecular weight is 243 g/mol. The summed E-state index contributed by atoms with van der Waals surface area (Å²) in [4.78, 5) is 23.7. The van der Waals surface area contributed by atoms with Gasteiger partial charge in [-0.15, -0.1) is 0 Å². The summed E-state index contributed by atoms with van der Waals surface area (Å²) >= 11 is 0. The van der Waals surface area contributed by atoms with Crippen molar-refractivity contribution in [2.45, 2.75) is 59.3 Å². The number of rotatable bonds is 9. The fourth-order valence-corrected chi connectivity index (χ4v) is 1.90. The second-order valence-electron chi connectivity index (χ2n) is 4.37. The molecule has 4 nitrogen and oxygen atoms in total. The number of ether oxygens (including phenoxy) is 1. The van der Waals surface area contributed by atoms with E-state index in [0.717, 1.165) is 25.7 Å². The zero-order valence-corrected chi connectivity index (χ0v) is 11.3. The Bertz CT molecular complexity index is 243. The van der Waals surface area contributed by atoms with Crippen molar-refractivity contribution < 1.29 is 14.3 Å². The van der Waals surface area contributed by atoms with E-state index < -0.39 is 17.3 Å². The van der Waals surface area contributed by atoms with Crippen molar-refractivity contribution in [2.75, 3.05) is 6.61 Å². The summed E-state index contributed by atoms with van der Waals surface area (Å²) in [5, 5.41) is 0. The number of nitrogens with two attached hydrogens (primary N) is 1. The van der Waals surface area contributed by atoms with Crippen molar-refractivity contribution in [3.63, 3.8) is 0 Å². The topological polar surface area (TPSA) is 69.4 Å². The predicted molar refractivity (Wildman–Crippen MR) is 67.3 cm³/mol. The first-order chi connectivity index (χ1) is 8.05. The lowest BCUT2D eigenvalue weighted by atomic mass is 9.77. The average Bonchev–Trinajstić information content (AvgIpc) is 2.29. The highest BCUT2D eigenvalue weighted by atomic mass is 16.5. The Balaban J connectivity index is 4.93. The molecule has 0 fully saturated rings. The van der Waals surface area contributed by atoms with E-state index in [4.69, 9.17) is 10.5 Å². The number of carbonyl (C=O) groups is 2. The molecule has 0 aromatic carbocycles. The Morgan fingerprint density at radius 2 is 1.53 bits per heavy atom. The second-order valence-corrected chi connectivity index (χ2v) is 4.37. The van der Waals surface area contributed by atoms with Crippen LogP contribution in [-0.4, -0.2) is 18.5 Å². The van der Waals surface area contributed by atoms with Gasteiger partial charge in [0.25, 0.3) is 0 Å². The number of amides is 1. The van der Waals surface area contributed by atoms with Crippen LogP contribution in [0, 0.1) is 5.41 Å². The van der Waals surface area contributed by atoms with Gasteiger partial charge in [-0.1, -0.05) is 39.5 Å². The van der Waals surface area contributed by atoms with Crippen LogP contribution >= 0.6 is 0 Å². The van der Waals surface area contributed by atoms with Crippen LogP contribution in [0.4, 0.5) is 0 Å². The molecule has 17 heavy (non-hydrogen) atoms. The lowest BCUT2D eigenvalue weighted by molar-refractivity contribution is -0.161. The molecular weight excluding hydrogens is 218 g/mol. The number of primary amides is 1. The van der Waals surface area contributed by atoms with E-state index in [1.54, 1.807) is 6.92 Å². The van der Waals surface area contributed by atoms with Crippen molar-refractivity contribution in [1.29, 1.82) is 0 Å².